The van der Waals surface area contributed by atoms with E-state index in [9.17, 15) is 4.79 Å². The van der Waals surface area contributed by atoms with Gasteiger partial charge in [-0.15, -0.1) is 0 Å². The fraction of sp³-hybridized carbons (Fsp3) is 0.200. The molecule has 0 bridgehead atoms. The molecule has 1 unspecified atom stereocenters. The van der Waals surface area contributed by atoms with E-state index in [1.807, 2.05) is 30.3 Å². The van der Waals surface area contributed by atoms with Crippen LogP contribution in [0.3, 0.4) is 0 Å². The van der Waals surface area contributed by atoms with E-state index >= 15 is 0 Å². The van der Waals surface area contributed by atoms with Crippen molar-refractivity contribution >= 4 is 27.8 Å². The zero-order chi connectivity index (χ0) is 17.7. The smallest absolute Gasteiger partial charge is 0.251 e. The van der Waals surface area contributed by atoms with Crippen molar-refractivity contribution in [1.29, 1.82) is 0 Å². The summed E-state index contributed by atoms with van der Waals surface area (Å²) in [6, 6.07) is 11.7. The van der Waals surface area contributed by atoms with Crippen LogP contribution < -0.4 is 10.1 Å². The highest BCUT2D eigenvalue weighted by Crippen LogP contribution is 2.32. The molecule has 6 heteroatoms. The molecule has 0 saturated heterocycles. The van der Waals surface area contributed by atoms with Crippen molar-refractivity contribution in [3.05, 3.63) is 59.5 Å². The van der Waals surface area contributed by atoms with Crippen LogP contribution in [0.25, 0.3) is 21.9 Å². The summed E-state index contributed by atoms with van der Waals surface area (Å²) in [7, 11) is 1.67. The molecule has 4 aromatic rings. The standard InChI is InChI=1S/C20H18N4O2/c1-26-13-3-5-16-15(9-13)14-7-12(8-18(14)24-16)23-20(25)11-2-4-17-19(6-11)22-10-21-17/h2-6,9-10,12,24H,7-8H2,1H3,(H,21,22)(H,23,25). The number of ether oxygens (including phenoxy) is 1. The van der Waals surface area contributed by atoms with Gasteiger partial charge in [0.15, 0.2) is 0 Å². The lowest BCUT2D eigenvalue weighted by Crippen LogP contribution is -2.35. The summed E-state index contributed by atoms with van der Waals surface area (Å²) in [4.78, 5) is 23.3. The van der Waals surface area contributed by atoms with Gasteiger partial charge in [0.1, 0.15) is 5.75 Å². The van der Waals surface area contributed by atoms with Crippen LogP contribution in [0.15, 0.2) is 42.7 Å². The van der Waals surface area contributed by atoms with Gasteiger partial charge in [0.05, 0.1) is 24.5 Å². The van der Waals surface area contributed by atoms with Gasteiger partial charge in [-0.2, -0.15) is 0 Å². The number of imidazole rings is 1. The van der Waals surface area contributed by atoms with Crippen LogP contribution in [0.4, 0.5) is 0 Å². The van der Waals surface area contributed by atoms with Crippen molar-refractivity contribution in [3.63, 3.8) is 0 Å². The maximum atomic E-state index is 12.6. The highest BCUT2D eigenvalue weighted by atomic mass is 16.5. The number of nitrogens with one attached hydrogen (secondary N) is 3. The summed E-state index contributed by atoms with van der Waals surface area (Å²) in [5.41, 5.74) is 5.95. The van der Waals surface area contributed by atoms with Crippen LogP contribution in [-0.4, -0.2) is 34.0 Å². The molecule has 1 aliphatic carbocycles. The van der Waals surface area contributed by atoms with Crippen molar-refractivity contribution in [2.24, 2.45) is 0 Å². The van der Waals surface area contributed by atoms with Gasteiger partial charge >= 0.3 is 0 Å². The Kier molecular flexibility index (Phi) is 3.25. The Morgan fingerprint density at radius 2 is 2.12 bits per heavy atom. The number of aromatic amines is 2. The number of aromatic nitrogens is 3. The van der Waals surface area contributed by atoms with Crippen LogP contribution in [0.2, 0.25) is 0 Å². The van der Waals surface area contributed by atoms with E-state index in [2.05, 4.69) is 26.3 Å². The molecular weight excluding hydrogens is 328 g/mol. The van der Waals surface area contributed by atoms with Gasteiger partial charge in [-0.1, -0.05) is 0 Å². The molecule has 0 aliphatic heterocycles. The number of nitrogens with zero attached hydrogens (tertiary/aromatic N) is 1. The third-order valence-corrected chi connectivity index (χ3v) is 5.12. The summed E-state index contributed by atoms with van der Waals surface area (Å²) < 4.78 is 5.34. The van der Waals surface area contributed by atoms with Crippen LogP contribution >= 0.6 is 0 Å². The Bertz CT molecular complexity index is 1140. The second-order valence-corrected chi connectivity index (χ2v) is 6.71. The molecule has 2 heterocycles. The van der Waals surface area contributed by atoms with Crippen LogP contribution in [-0.2, 0) is 12.8 Å². The van der Waals surface area contributed by atoms with E-state index in [4.69, 9.17) is 4.74 Å². The summed E-state index contributed by atoms with van der Waals surface area (Å²) in [5.74, 6) is 0.790. The van der Waals surface area contributed by atoms with E-state index in [0.29, 0.717) is 5.56 Å². The van der Waals surface area contributed by atoms with E-state index in [-0.39, 0.29) is 11.9 Å². The number of carbonyl (C=O) groups excluding carboxylic acids is 1. The number of carbonyl (C=O) groups is 1. The first-order valence-electron chi connectivity index (χ1n) is 8.63. The van der Waals surface area contributed by atoms with Crippen LogP contribution in [0, 0.1) is 0 Å². The number of methoxy groups -OCH3 is 1. The maximum absolute atomic E-state index is 12.6. The third-order valence-electron chi connectivity index (χ3n) is 5.12. The molecule has 3 N–H and O–H groups in total. The molecule has 6 nitrogen and oxygen atoms in total. The Morgan fingerprint density at radius 1 is 1.19 bits per heavy atom. The predicted molar refractivity (Wildman–Crippen MR) is 99.6 cm³/mol. The van der Waals surface area contributed by atoms with Gasteiger partial charge in [0.2, 0.25) is 0 Å². The van der Waals surface area contributed by atoms with E-state index in [1.54, 1.807) is 13.4 Å². The molecule has 5 rings (SSSR count). The number of H-pyrrole nitrogens is 2. The number of amides is 1. The monoisotopic (exact) mass is 346 g/mol. The van der Waals surface area contributed by atoms with E-state index < -0.39 is 0 Å². The molecule has 0 saturated carbocycles. The Labute approximate surface area is 149 Å². The van der Waals surface area contributed by atoms with Gasteiger partial charge < -0.3 is 20.0 Å². The SMILES string of the molecule is COc1ccc2[nH]c3c(c2c1)CC(NC(=O)c1ccc2nc[nH]c2c1)C3. The molecule has 2 aromatic carbocycles. The Morgan fingerprint density at radius 3 is 3.00 bits per heavy atom. The lowest BCUT2D eigenvalue weighted by molar-refractivity contribution is 0.0938. The Hall–Kier alpha value is -3.28. The molecule has 1 amide bonds. The fourth-order valence-corrected chi connectivity index (χ4v) is 3.83. The average molecular weight is 346 g/mol. The first-order valence-corrected chi connectivity index (χ1v) is 8.63. The second-order valence-electron chi connectivity index (χ2n) is 6.71. The molecule has 1 atom stereocenters. The lowest BCUT2D eigenvalue weighted by atomic mass is 10.1. The van der Waals surface area contributed by atoms with Gasteiger partial charge in [-0.25, -0.2) is 4.98 Å². The Balaban J connectivity index is 1.37. The minimum absolute atomic E-state index is 0.0569. The largest absolute Gasteiger partial charge is 0.497 e. The zero-order valence-electron chi connectivity index (χ0n) is 14.3. The topological polar surface area (TPSA) is 82.8 Å². The summed E-state index contributed by atoms with van der Waals surface area (Å²) >= 11 is 0. The van der Waals surface area contributed by atoms with Crippen molar-refractivity contribution in [2.75, 3.05) is 7.11 Å². The van der Waals surface area contributed by atoms with Gasteiger partial charge in [-0.3, -0.25) is 4.79 Å². The highest BCUT2D eigenvalue weighted by Gasteiger charge is 2.27. The molecule has 0 spiro atoms. The summed E-state index contributed by atoms with van der Waals surface area (Å²) in [6.07, 6.45) is 3.26. The normalized spacial score (nSPS) is 16.1. The van der Waals surface area contributed by atoms with Crippen molar-refractivity contribution in [3.8, 4) is 5.75 Å². The van der Waals surface area contributed by atoms with Gasteiger partial charge in [-0.05, 0) is 48.4 Å². The summed E-state index contributed by atoms with van der Waals surface area (Å²) in [5, 5.41) is 4.33. The molecule has 26 heavy (non-hydrogen) atoms. The minimum atomic E-state index is -0.0569. The zero-order valence-corrected chi connectivity index (χ0v) is 14.3. The average Bonchev–Trinajstić information content (AvgIpc) is 3.34. The number of rotatable bonds is 3. The predicted octanol–water partition coefficient (Wildman–Crippen LogP) is 2.95. The van der Waals surface area contributed by atoms with E-state index in [1.165, 1.54) is 16.6 Å². The van der Waals surface area contributed by atoms with Gasteiger partial charge in [0, 0.05) is 34.6 Å². The fourth-order valence-electron chi connectivity index (χ4n) is 3.83. The maximum Gasteiger partial charge on any atom is 0.251 e. The second kappa shape index (κ2) is 5.62. The number of benzene rings is 2. The molecule has 130 valence electrons. The highest BCUT2D eigenvalue weighted by molar-refractivity contribution is 5.97. The first kappa shape index (κ1) is 15.0. The van der Waals surface area contributed by atoms with Crippen LogP contribution in [0.1, 0.15) is 21.6 Å². The van der Waals surface area contributed by atoms with Crippen molar-refractivity contribution in [1.82, 2.24) is 20.3 Å². The number of hydrogen-bond acceptors (Lipinski definition) is 3. The third kappa shape index (κ3) is 2.34. The first-order chi connectivity index (χ1) is 12.7. The molecule has 0 fully saturated rings. The lowest BCUT2D eigenvalue weighted by Gasteiger charge is -2.12. The molecule has 1 aliphatic rings. The number of hydrogen-bond donors (Lipinski definition) is 3. The molecular formula is C20H18N4O2. The molecule has 2 aromatic heterocycles. The quantitative estimate of drug-likeness (QED) is 0.533. The molecule has 0 radical (unpaired) electrons. The van der Waals surface area contributed by atoms with Crippen molar-refractivity contribution in [2.45, 2.75) is 18.9 Å². The van der Waals surface area contributed by atoms with Gasteiger partial charge in [0.25, 0.3) is 5.91 Å². The van der Waals surface area contributed by atoms with Crippen molar-refractivity contribution < 1.29 is 9.53 Å². The minimum Gasteiger partial charge on any atom is -0.497 e. The van der Waals surface area contributed by atoms with Crippen LogP contribution in [0.5, 0.6) is 5.75 Å². The summed E-state index contributed by atoms with van der Waals surface area (Å²) in [6.45, 7) is 0. The van der Waals surface area contributed by atoms with E-state index in [0.717, 1.165) is 35.1 Å². The number of fused-ring (bicyclic) bond motifs is 4.